The highest BCUT2D eigenvalue weighted by Crippen LogP contribution is 2.25. The monoisotopic (exact) mass is 275 g/mol. The van der Waals surface area contributed by atoms with Crippen LogP contribution in [0.2, 0.25) is 5.15 Å². The number of thioether (sulfide) groups is 1. The summed E-state index contributed by atoms with van der Waals surface area (Å²) in [5.74, 6) is 0.590. The fraction of sp³-hybridized carbons (Fsp3) is 0.444. The molecule has 0 radical (unpaired) electrons. The molecular weight excluding hydrogens is 266 g/mol. The van der Waals surface area contributed by atoms with Crippen molar-refractivity contribution in [3.8, 4) is 0 Å². The Bertz CT molecular complexity index is 429. The van der Waals surface area contributed by atoms with Gasteiger partial charge in [-0.1, -0.05) is 23.4 Å². The van der Waals surface area contributed by atoms with Crippen molar-refractivity contribution in [2.75, 3.05) is 17.7 Å². The predicted molar refractivity (Wildman–Crippen MR) is 68.6 cm³/mol. The first-order valence-corrected chi connectivity index (χ1v) is 6.79. The summed E-state index contributed by atoms with van der Waals surface area (Å²) in [7, 11) is 0. The summed E-state index contributed by atoms with van der Waals surface area (Å²) in [5, 5.41) is 0.988. The number of carbonyl (C=O) groups excluding carboxylic acids is 1. The molecule has 16 heavy (non-hydrogen) atoms. The molecule has 1 saturated heterocycles. The highest BCUT2D eigenvalue weighted by Gasteiger charge is 2.29. The number of thiol groups is 1. The van der Waals surface area contributed by atoms with Crippen molar-refractivity contribution in [2.24, 2.45) is 0 Å². The number of rotatable bonds is 2. The Balaban J connectivity index is 2.33. The molecule has 0 bridgehead atoms. The topological polar surface area (TPSA) is 46.1 Å². The first kappa shape index (κ1) is 12.0. The van der Waals surface area contributed by atoms with E-state index in [0.717, 1.165) is 0 Å². The number of nitrogens with zero attached hydrogens (tertiary/aromatic N) is 3. The third-order valence-corrected chi connectivity index (χ3v) is 3.31. The molecule has 1 fully saturated rings. The van der Waals surface area contributed by atoms with Crippen LogP contribution in [-0.2, 0) is 4.79 Å². The van der Waals surface area contributed by atoms with Gasteiger partial charge in [-0.2, -0.15) is 12.6 Å². The van der Waals surface area contributed by atoms with Crippen molar-refractivity contribution in [1.82, 2.24) is 9.97 Å². The molecule has 1 aliphatic rings. The predicted octanol–water partition coefficient (Wildman–Crippen LogP) is 1.89. The highest BCUT2D eigenvalue weighted by atomic mass is 35.5. The van der Waals surface area contributed by atoms with E-state index in [9.17, 15) is 4.79 Å². The van der Waals surface area contributed by atoms with Gasteiger partial charge in [0.15, 0.2) is 5.16 Å². The maximum absolute atomic E-state index is 11.7. The molecule has 1 amide bonds. The molecule has 2 rings (SSSR count). The second-order valence-electron chi connectivity index (χ2n) is 3.40. The van der Waals surface area contributed by atoms with Crippen molar-refractivity contribution in [3.63, 3.8) is 0 Å². The van der Waals surface area contributed by atoms with Gasteiger partial charge in [0, 0.05) is 24.3 Å². The van der Waals surface area contributed by atoms with Gasteiger partial charge < -0.3 is 0 Å². The third kappa shape index (κ3) is 2.44. The van der Waals surface area contributed by atoms with Crippen molar-refractivity contribution in [1.29, 1.82) is 0 Å². The lowest BCUT2D eigenvalue weighted by Gasteiger charge is -2.15. The van der Waals surface area contributed by atoms with E-state index in [0.29, 0.717) is 29.1 Å². The van der Waals surface area contributed by atoms with E-state index in [1.807, 2.05) is 6.26 Å². The van der Waals surface area contributed by atoms with Crippen LogP contribution >= 0.6 is 36.0 Å². The van der Waals surface area contributed by atoms with Crippen molar-refractivity contribution < 1.29 is 4.79 Å². The second-order valence-corrected chi connectivity index (χ2v) is 5.29. The molecule has 1 unspecified atom stereocenters. The van der Waals surface area contributed by atoms with Gasteiger partial charge in [0.25, 0.3) is 0 Å². The van der Waals surface area contributed by atoms with Crippen molar-refractivity contribution in [3.05, 3.63) is 11.2 Å². The zero-order valence-electron chi connectivity index (χ0n) is 8.55. The molecule has 0 aromatic carbocycles. The van der Waals surface area contributed by atoms with E-state index in [4.69, 9.17) is 11.6 Å². The summed E-state index contributed by atoms with van der Waals surface area (Å²) in [6.45, 7) is 0.573. The van der Waals surface area contributed by atoms with Crippen LogP contribution in [0.1, 0.15) is 6.42 Å². The molecule has 86 valence electrons. The fourth-order valence-electron chi connectivity index (χ4n) is 1.53. The highest BCUT2D eigenvalue weighted by molar-refractivity contribution is 7.98. The molecule has 4 nitrogen and oxygen atoms in total. The SMILES string of the molecule is CSc1nc(Cl)cc(N2CC(S)CC2=O)n1. The van der Waals surface area contributed by atoms with E-state index >= 15 is 0 Å². The van der Waals surface area contributed by atoms with Gasteiger partial charge in [0.05, 0.1) is 0 Å². The van der Waals surface area contributed by atoms with Crippen LogP contribution in [0.4, 0.5) is 5.82 Å². The van der Waals surface area contributed by atoms with Crippen LogP contribution in [-0.4, -0.2) is 33.9 Å². The number of aromatic nitrogens is 2. The number of carbonyl (C=O) groups is 1. The molecule has 0 N–H and O–H groups in total. The minimum atomic E-state index is 0.0295. The van der Waals surface area contributed by atoms with E-state index in [1.165, 1.54) is 11.8 Å². The quantitative estimate of drug-likeness (QED) is 0.388. The van der Waals surface area contributed by atoms with Gasteiger partial charge in [0.1, 0.15) is 11.0 Å². The van der Waals surface area contributed by atoms with Gasteiger partial charge in [-0.15, -0.1) is 0 Å². The summed E-state index contributed by atoms with van der Waals surface area (Å²) in [4.78, 5) is 21.6. The number of hydrogen-bond donors (Lipinski definition) is 1. The van der Waals surface area contributed by atoms with Crippen LogP contribution < -0.4 is 4.90 Å². The Morgan fingerprint density at radius 3 is 2.94 bits per heavy atom. The molecular formula is C9H10ClN3OS2. The van der Waals surface area contributed by atoms with E-state index in [1.54, 1.807) is 11.0 Å². The van der Waals surface area contributed by atoms with Crippen LogP contribution in [0.15, 0.2) is 11.2 Å². The van der Waals surface area contributed by atoms with E-state index in [2.05, 4.69) is 22.6 Å². The average molecular weight is 276 g/mol. The summed E-state index contributed by atoms with van der Waals surface area (Å²) in [5.41, 5.74) is 0. The van der Waals surface area contributed by atoms with Gasteiger partial charge >= 0.3 is 0 Å². The lowest BCUT2D eigenvalue weighted by molar-refractivity contribution is -0.117. The molecule has 0 aliphatic carbocycles. The van der Waals surface area contributed by atoms with E-state index < -0.39 is 0 Å². The number of anilines is 1. The van der Waals surface area contributed by atoms with Crippen LogP contribution in [0, 0.1) is 0 Å². The van der Waals surface area contributed by atoms with Gasteiger partial charge in [0.2, 0.25) is 5.91 Å². The minimum absolute atomic E-state index is 0.0295. The van der Waals surface area contributed by atoms with Crippen molar-refractivity contribution in [2.45, 2.75) is 16.8 Å². The smallest absolute Gasteiger partial charge is 0.229 e. The van der Waals surface area contributed by atoms with Gasteiger partial charge in [-0.05, 0) is 6.26 Å². The summed E-state index contributed by atoms with van der Waals surface area (Å²) in [6.07, 6.45) is 2.31. The summed E-state index contributed by atoms with van der Waals surface area (Å²) >= 11 is 11.6. The molecule has 1 aromatic rings. The molecule has 2 heterocycles. The first-order chi connectivity index (χ1) is 7.60. The standard InChI is InChI=1S/C9H10ClN3OS2/c1-16-9-11-6(10)3-7(12-9)13-4-5(15)2-8(13)14/h3,5,15H,2,4H2,1H3. The van der Waals surface area contributed by atoms with Crippen LogP contribution in [0.3, 0.4) is 0 Å². The lowest BCUT2D eigenvalue weighted by atomic mass is 10.4. The third-order valence-electron chi connectivity index (χ3n) is 2.22. The number of hydrogen-bond acceptors (Lipinski definition) is 5. The van der Waals surface area contributed by atoms with Crippen molar-refractivity contribution >= 4 is 47.7 Å². The minimum Gasteiger partial charge on any atom is -0.295 e. The lowest BCUT2D eigenvalue weighted by Crippen LogP contribution is -2.25. The zero-order chi connectivity index (χ0) is 11.7. The Morgan fingerprint density at radius 2 is 2.38 bits per heavy atom. The molecule has 1 atom stereocenters. The van der Waals surface area contributed by atoms with Gasteiger partial charge in [-0.3, -0.25) is 9.69 Å². The number of amides is 1. The summed E-state index contributed by atoms with van der Waals surface area (Å²) in [6, 6.07) is 1.60. The molecule has 0 spiro atoms. The van der Waals surface area contributed by atoms with Crippen LogP contribution in [0.5, 0.6) is 0 Å². The zero-order valence-corrected chi connectivity index (χ0v) is 11.0. The Kier molecular flexibility index (Phi) is 3.61. The Hall–Kier alpha value is -0.460. The molecule has 0 saturated carbocycles. The average Bonchev–Trinajstić information content (AvgIpc) is 2.57. The Morgan fingerprint density at radius 1 is 1.62 bits per heavy atom. The van der Waals surface area contributed by atoms with E-state index in [-0.39, 0.29) is 11.2 Å². The maximum atomic E-state index is 11.7. The largest absolute Gasteiger partial charge is 0.295 e. The summed E-state index contributed by atoms with van der Waals surface area (Å²) < 4.78 is 0. The number of halogens is 1. The van der Waals surface area contributed by atoms with Crippen LogP contribution in [0.25, 0.3) is 0 Å². The molecule has 7 heteroatoms. The second kappa shape index (κ2) is 4.81. The van der Waals surface area contributed by atoms with Gasteiger partial charge in [-0.25, -0.2) is 9.97 Å². The molecule has 1 aliphatic heterocycles. The first-order valence-electron chi connectivity index (χ1n) is 4.67. The normalized spacial score (nSPS) is 20.6. The maximum Gasteiger partial charge on any atom is 0.229 e. The fourth-order valence-corrected chi connectivity index (χ4v) is 2.45. The molecule has 1 aromatic heterocycles. The Labute approximate surface area is 108 Å².